The molecule has 32 heavy (non-hydrogen) atoms. The summed E-state index contributed by atoms with van der Waals surface area (Å²) in [5.41, 5.74) is 3.50. The number of nitrogens with zero attached hydrogens (tertiary/aromatic N) is 3. The van der Waals surface area contributed by atoms with Crippen molar-refractivity contribution in [3.05, 3.63) is 35.0 Å². The van der Waals surface area contributed by atoms with Gasteiger partial charge in [-0.1, -0.05) is 11.5 Å². The molecule has 0 bridgehead atoms. The number of aromatic amines is 1. The number of aryl methyl sites for hydroxylation is 1. The van der Waals surface area contributed by atoms with E-state index in [2.05, 4.69) is 56.6 Å². The first-order valence-electron chi connectivity index (χ1n) is 11.1. The van der Waals surface area contributed by atoms with Crippen LogP contribution in [-0.4, -0.2) is 50.4 Å². The van der Waals surface area contributed by atoms with Crippen LogP contribution in [0.15, 0.2) is 24.5 Å². The number of thiophene rings is 1. The van der Waals surface area contributed by atoms with E-state index < -0.39 is 0 Å². The van der Waals surface area contributed by atoms with Crippen LogP contribution in [0.4, 0.5) is 11.5 Å². The molecule has 1 fully saturated rings. The van der Waals surface area contributed by atoms with Crippen molar-refractivity contribution in [2.45, 2.75) is 45.2 Å². The predicted molar refractivity (Wildman–Crippen MR) is 129 cm³/mol. The largest absolute Gasteiger partial charge is 0.377 e. The second kappa shape index (κ2) is 7.83. The molecule has 2 aliphatic rings. The molecule has 6 rings (SSSR count). The number of H-pyrrole nitrogens is 1. The Morgan fingerprint density at radius 1 is 1.25 bits per heavy atom. The zero-order chi connectivity index (χ0) is 21.8. The first-order valence-corrected chi connectivity index (χ1v) is 12.7. The molecular formula is C23H25N5O2S2. The van der Waals surface area contributed by atoms with Gasteiger partial charge in [0.25, 0.3) is 0 Å². The molecule has 1 amide bonds. The van der Waals surface area contributed by atoms with E-state index in [0.717, 1.165) is 41.0 Å². The van der Waals surface area contributed by atoms with Crippen molar-refractivity contribution in [3.8, 4) is 0 Å². The Labute approximate surface area is 194 Å². The molecule has 2 N–H and O–H groups in total. The standard InChI is InChI=1S/C23H25N5O2S2/c1-12-9-30-10-13(2)28(12)23(29)14-3-5-16-18(7-14)31-22-20(16)21(24-11-25-22)26-15-4-6-17-19(8-15)32-27-17/h4,6,8,11-14,27H,3,5,7,9-10H2,1-2H3,(H,24,25,26)/t12-,13-,14-/m0/s1. The summed E-state index contributed by atoms with van der Waals surface area (Å²) in [5.74, 6) is 1.15. The van der Waals surface area contributed by atoms with E-state index in [9.17, 15) is 4.79 Å². The van der Waals surface area contributed by atoms with Gasteiger partial charge < -0.3 is 19.3 Å². The number of nitrogens with one attached hydrogen (secondary N) is 2. The number of amides is 1. The highest BCUT2D eigenvalue weighted by Crippen LogP contribution is 2.41. The second-order valence-corrected chi connectivity index (χ2v) is 10.8. The molecule has 0 saturated carbocycles. The average molecular weight is 468 g/mol. The number of morpholine rings is 1. The molecule has 7 nitrogen and oxygen atoms in total. The van der Waals surface area contributed by atoms with Crippen molar-refractivity contribution in [1.82, 2.24) is 19.2 Å². The molecule has 4 heterocycles. The number of anilines is 2. The summed E-state index contributed by atoms with van der Waals surface area (Å²) in [6.45, 7) is 5.42. The number of carbonyl (C=O) groups is 1. The summed E-state index contributed by atoms with van der Waals surface area (Å²) in [7, 11) is 0. The number of benzene rings is 1. The molecule has 1 saturated heterocycles. The van der Waals surface area contributed by atoms with Crippen LogP contribution in [0.5, 0.6) is 0 Å². The Hall–Kier alpha value is -2.49. The zero-order valence-electron chi connectivity index (χ0n) is 18.1. The Bertz CT molecular complexity index is 1300. The maximum absolute atomic E-state index is 13.4. The molecule has 3 atom stereocenters. The van der Waals surface area contributed by atoms with E-state index in [1.54, 1.807) is 29.2 Å². The summed E-state index contributed by atoms with van der Waals surface area (Å²) in [4.78, 5) is 26.9. The summed E-state index contributed by atoms with van der Waals surface area (Å²) in [5, 5.41) is 4.62. The minimum atomic E-state index is 0.0282. The lowest BCUT2D eigenvalue weighted by molar-refractivity contribution is -0.149. The fourth-order valence-corrected chi connectivity index (χ4v) is 6.96. The zero-order valence-corrected chi connectivity index (χ0v) is 19.7. The van der Waals surface area contributed by atoms with Crippen LogP contribution in [0, 0.1) is 5.92 Å². The third-order valence-corrected chi connectivity index (χ3v) is 8.67. The lowest BCUT2D eigenvalue weighted by atomic mass is 9.86. The monoisotopic (exact) mass is 467 g/mol. The number of aromatic nitrogens is 3. The van der Waals surface area contributed by atoms with E-state index >= 15 is 0 Å². The van der Waals surface area contributed by atoms with Crippen LogP contribution < -0.4 is 5.32 Å². The average Bonchev–Trinajstić information content (AvgIpc) is 3.14. The molecule has 0 radical (unpaired) electrons. The molecular weight excluding hydrogens is 442 g/mol. The lowest BCUT2D eigenvalue weighted by Gasteiger charge is -2.41. The van der Waals surface area contributed by atoms with Gasteiger partial charge in [-0.15, -0.1) is 11.3 Å². The maximum atomic E-state index is 13.4. The highest BCUT2D eigenvalue weighted by molar-refractivity contribution is 7.19. The van der Waals surface area contributed by atoms with Crippen LogP contribution in [-0.2, 0) is 22.4 Å². The topological polar surface area (TPSA) is 83.1 Å². The second-order valence-electron chi connectivity index (χ2n) is 8.87. The third kappa shape index (κ3) is 3.30. The van der Waals surface area contributed by atoms with Gasteiger partial charge in [0.05, 0.1) is 40.9 Å². The first-order chi connectivity index (χ1) is 15.6. The molecule has 1 aliphatic carbocycles. The van der Waals surface area contributed by atoms with Gasteiger partial charge in [0.15, 0.2) is 0 Å². The smallest absolute Gasteiger partial charge is 0.226 e. The summed E-state index contributed by atoms with van der Waals surface area (Å²) < 4.78 is 10.1. The number of hydrogen-bond acceptors (Lipinski definition) is 7. The fraction of sp³-hybridized carbons (Fsp3) is 0.435. The van der Waals surface area contributed by atoms with Gasteiger partial charge in [0.2, 0.25) is 5.91 Å². The predicted octanol–water partition coefficient (Wildman–Crippen LogP) is 4.72. The lowest BCUT2D eigenvalue weighted by Crippen LogP contribution is -2.54. The summed E-state index contributed by atoms with van der Waals surface area (Å²) in [6.07, 6.45) is 4.16. The molecule has 3 aromatic heterocycles. The van der Waals surface area contributed by atoms with Crippen LogP contribution >= 0.6 is 22.9 Å². The third-order valence-electron chi connectivity index (χ3n) is 6.63. The Morgan fingerprint density at radius 2 is 2.09 bits per heavy atom. The van der Waals surface area contributed by atoms with Crippen LogP contribution in [0.3, 0.4) is 0 Å². The van der Waals surface area contributed by atoms with Crippen LogP contribution in [0.2, 0.25) is 0 Å². The van der Waals surface area contributed by atoms with Gasteiger partial charge in [-0.05, 0) is 56.9 Å². The molecule has 0 unspecified atom stereocenters. The number of fused-ring (bicyclic) bond motifs is 4. The highest BCUT2D eigenvalue weighted by Gasteiger charge is 2.36. The summed E-state index contributed by atoms with van der Waals surface area (Å²) in [6, 6.07) is 6.56. The van der Waals surface area contributed by atoms with Crippen molar-refractivity contribution in [2.24, 2.45) is 5.92 Å². The number of ether oxygens (including phenoxy) is 1. The van der Waals surface area contributed by atoms with Crippen molar-refractivity contribution in [2.75, 3.05) is 18.5 Å². The van der Waals surface area contributed by atoms with Crippen molar-refractivity contribution in [3.63, 3.8) is 0 Å². The molecule has 1 aromatic carbocycles. The number of rotatable bonds is 3. The molecule has 166 valence electrons. The Balaban J connectivity index is 1.29. The van der Waals surface area contributed by atoms with Crippen LogP contribution in [0.25, 0.3) is 20.4 Å². The highest BCUT2D eigenvalue weighted by atomic mass is 32.1. The van der Waals surface area contributed by atoms with Crippen LogP contribution in [0.1, 0.15) is 30.7 Å². The Morgan fingerprint density at radius 3 is 2.84 bits per heavy atom. The normalized spacial score (nSPS) is 23.6. The van der Waals surface area contributed by atoms with Crippen molar-refractivity contribution < 1.29 is 9.53 Å². The van der Waals surface area contributed by atoms with Gasteiger partial charge in [0.1, 0.15) is 17.0 Å². The van der Waals surface area contributed by atoms with E-state index in [1.165, 1.54) is 20.7 Å². The van der Waals surface area contributed by atoms with E-state index in [-0.39, 0.29) is 23.9 Å². The van der Waals surface area contributed by atoms with Gasteiger partial charge in [-0.3, -0.25) is 4.79 Å². The molecule has 0 spiro atoms. The first kappa shape index (κ1) is 20.1. The molecule has 4 aromatic rings. The van der Waals surface area contributed by atoms with Gasteiger partial charge in [-0.2, -0.15) is 0 Å². The quantitative estimate of drug-likeness (QED) is 0.456. The molecule has 9 heteroatoms. The fourth-order valence-electron chi connectivity index (χ4n) is 5.03. The molecule has 1 aliphatic heterocycles. The maximum Gasteiger partial charge on any atom is 0.226 e. The van der Waals surface area contributed by atoms with E-state index in [0.29, 0.717) is 13.2 Å². The van der Waals surface area contributed by atoms with Gasteiger partial charge >= 0.3 is 0 Å². The van der Waals surface area contributed by atoms with Crippen molar-refractivity contribution >= 4 is 60.7 Å². The minimum Gasteiger partial charge on any atom is -0.377 e. The van der Waals surface area contributed by atoms with Crippen molar-refractivity contribution in [1.29, 1.82) is 0 Å². The van der Waals surface area contributed by atoms with E-state index in [1.807, 2.05) is 0 Å². The summed E-state index contributed by atoms with van der Waals surface area (Å²) >= 11 is 3.34. The van der Waals surface area contributed by atoms with Gasteiger partial charge in [-0.25, -0.2) is 9.97 Å². The van der Waals surface area contributed by atoms with Gasteiger partial charge in [0, 0.05) is 16.5 Å². The SMILES string of the molecule is C[C@H]1COC[C@H](C)N1C(=O)[C@H]1CCc2c(sc3ncnc(Nc4ccc5[nH]sc5c4)c23)C1. The van der Waals surface area contributed by atoms with E-state index in [4.69, 9.17) is 4.74 Å². The minimum absolute atomic E-state index is 0.0282. The number of carbonyl (C=O) groups excluding carboxylic acids is 1. The Kier molecular flexibility index (Phi) is 4.93. The number of hydrogen-bond donors (Lipinski definition) is 2.